The van der Waals surface area contributed by atoms with Gasteiger partial charge < -0.3 is 14.4 Å². The fraction of sp³-hybridized carbons (Fsp3) is 0.286. The molecule has 1 amide bonds. The smallest absolute Gasteiger partial charge is 0.272 e. The van der Waals surface area contributed by atoms with Crippen LogP contribution in [0, 0.1) is 0 Å². The summed E-state index contributed by atoms with van der Waals surface area (Å²) in [4.78, 5) is 23.7. The number of amides is 1. The Morgan fingerprint density at radius 3 is 2.93 bits per heavy atom. The largest absolute Gasteiger partial charge is 0.454 e. The standard InChI is InChI=1S/C21H21N3O3/c1-2-3-11-24(13-15-6-9-18-19(12-15)27-14-26-18)21(25)17-8-7-16-5-4-10-22-20(16)23-17/h4-10,12H,2-3,11,13-14H2,1H3. The Bertz CT molecular complexity index is 974. The van der Waals surface area contributed by atoms with Crippen LogP contribution in [-0.2, 0) is 6.54 Å². The van der Waals surface area contributed by atoms with Gasteiger partial charge in [0.05, 0.1) is 0 Å². The van der Waals surface area contributed by atoms with Crippen LogP contribution in [0.5, 0.6) is 11.5 Å². The van der Waals surface area contributed by atoms with Crippen LogP contribution >= 0.6 is 0 Å². The first-order chi connectivity index (χ1) is 13.2. The first-order valence-electron chi connectivity index (χ1n) is 9.14. The van der Waals surface area contributed by atoms with Crippen molar-refractivity contribution in [3.63, 3.8) is 0 Å². The molecule has 1 aliphatic heterocycles. The normalized spacial score (nSPS) is 12.3. The van der Waals surface area contributed by atoms with E-state index < -0.39 is 0 Å². The topological polar surface area (TPSA) is 64.6 Å². The lowest BCUT2D eigenvalue weighted by Gasteiger charge is -2.22. The van der Waals surface area contributed by atoms with Crippen LogP contribution in [-0.4, -0.2) is 34.1 Å². The lowest BCUT2D eigenvalue weighted by atomic mass is 10.1. The Morgan fingerprint density at radius 2 is 2.04 bits per heavy atom. The summed E-state index contributed by atoms with van der Waals surface area (Å²) < 4.78 is 10.8. The molecule has 0 unspecified atom stereocenters. The Balaban J connectivity index is 1.59. The van der Waals surface area contributed by atoms with Crippen molar-refractivity contribution in [3.8, 4) is 11.5 Å². The van der Waals surface area contributed by atoms with E-state index in [9.17, 15) is 4.79 Å². The van der Waals surface area contributed by atoms with Gasteiger partial charge in [-0.05, 0) is 48.4 Å². The van der Waals surface area contributed by atoms with Gasteiger partial charge >= 0.3 is 0 Å². The van der Waals surface area contributed by atoms with Crippen LogP contribution in [0.3, 0.4) is 0 Å². The molecule has 27 heavy (non-hydrogen) atoms. The fourth-order valence-electron chi connectivity index (χ4n) is 3.10. The molecule has 4 rings (SSSR count). The van der Waals surface area contributed by atoms with Crippen LogP contribution in [0.4, 0.5) is 0 Å². The molecule has 1 aliphatic rings. The molecule has 3 heterocycles. The highest BCUT2D eigenvalue weighted by atomic mass is 16.7. The molecule has 0 saturated heterocycles. The van der Waals surface area contributed by atoms with E-state index in [0.29, 0.717) is 24.4 Å². The van der Waals surface area contributed by atoms with Crippen molar-refractivity contribution in [2.24, 2.45) is 0 Å². The van der Waals surface area contributed by atoms with E-state index in [1.165, 1.54) is 0 Å². The van der Waals surface area contributed by atoms with E-state index in [1.807, 2.05) is 41.3 Å². The van der Waals surface area contributed by atoms with Crippen molar-refractivity contribution < 1.29 is 14.3 Å². The second-order valence-electron chi connectivity index (χ2n) is 6.51. The van der Waals surface area contributed by atoms with Gasteiger partial charge in [0.1, 0.15) is 5.69 Å². The minimum absolute atomic E-state index is 0.0892. The van der Waals surface area contributed by atoms with Crippen molar-refractivity contribution in [1.82, 2.24) is 14.9 Å². The Kier molecular flexibility index (Phi) is 4.87. The molecule has 0 atom stereocenters. The highest BCUT2D eigenvalue weighted by Crippen LogP contribution is 2.33. The van der Waals surface area contributed by atoms with Crippen molar-refractivity contribution in [1.29, 1.82) is 0 Å². The molecule has 0 radical (unpaired) electrons. The number of ether oxygens (including phenoxy) is 2. The second-order valence-corrected chi connectivity index (χ2v) is 6.51. The number of fused-ring (bicyclic) bond motifs is 2. The van der Waals surface area contributed by atoms with E-state index in [-0.39, 0.29) is 12.7 Å². The number of pyridine rings is 2. The SMILES string of the molecule is CCCCN(Cc1ccc2c(c1)OCO2)C(=O)c1ccc2cccnc2n1. The molecule has 6 nitrogen and oxygen atoms in total. The van der Waals surface area contributed by atoms with E-state index in [4.69, 9.17) is 9.47 Å². The number of carbonyl (C=O) groups excluding carboxylic acids is 1. The Labute approximate surface area is 157 Å². The molecular formula is C21H21N3O3. The number of aromatic nitrogens is 2. The predicted molar refractivity (Wildman–Crippen MR) is 102 cm³/mol. The summed E-state index contributed by atoms with van der Waals surface area (Å²) in [6.45, 7) is 3.52. The van der Waals surface area contributed by atoms with Gasteiger partial charge in [-0.1, -0.05) is 19.4 Å². The van der Waals surface area contributed by atoms with Crippen LogP contribution in [0.2, 0.25) is 0 Å². The van der Waals surface area contributed by atoms with E-state index >= 15 is 0 Å². The summed E-state index contributed by atoms with van der Waals surface area (Å²) >= 11 is 0. The van der Waals surface area contributed by atoms with Crippen molar-refractivity contribution in [2.75, 3.05) is 13.3 Å². The molecule has 138 valence electrons. The number of hydrogen-bond acceptors (Lipinski definition) is 5. The van der Waals surface area contributed by atoms with Crippen LogP contribution in [0.15, 0.2) is 48.7 Å². The quantitative estimate of drug-likeness (QED) is 0.666. The molecule has 2 aromatic heterocycles. The van der Waals surface area contributed by atoms with Gasteiger partial charge in [0.25, 0.3) is 5.91 Å². The summed E-state index contributed by atoms with van der Waals surface area (Å²) in [7, 11) is 0. The summed E-state index contributed by atoms with van der Waals surface area (Å²) in [6, 6.07) is 13.2. The van der Waals surface area contributed by atoms with Gasteiger partial charge in [-0.15, -0.1) is 0 Å². The van der Waals surface area contributed by atoms with Crippen molar-refractivity contribution in [3.05, 3.63) is 59.9 Å². The first-order valence-corrected chi connectivity index (χ1v) is 9.14. The molecule has 3 aromatic rings. The summed E-state index contributed by atoms with van der Waals surface area (Å²) in [5, 5.41) is 0.921. The highest BCUT2D eigenvalue weighted by Gasteiger charge is 2.20. The summed E-state index contributed by atoms with van der Waals surface area (Å²) in [6.07, 6.45) is 3.63. The minimum Gasteiger partial charge on any atom is -0.454 e. The van der Waals surface area contributed by atoms with Gasteiger partial charge in [0, 0.05) is 24.7 Å². The number of benzene rings is 1. The van der Waals surface area contributed by atoms with Crippen LogP contribution in [0.25, 0.3) is 11.0 Å². The van der Waals surface area contributed by atoms with Gasteiger partial charge in [-0.3, -0.25) is 4.79 Å². The van der Waals surface area contributed by atoms with E-state index in [1.54, 1.807) is 12.3 Å². The zero-order valence-electron chi connectivity index (χ0n) is 15.2. The van der Waals surface area contributed by atoms with Gasteiger partial charge in [-0.25, -0.2) is 9.97 Å². The van der Waals surface area contributed by atoms with Crippen molar-refractivity contribution in [2.45, 2.75) is 26.3 Å². The zero-order chi connectivity index (χ0) is 18.6. The van der Waals surface area contributed by atoms with Crippen molar-refractivity contribution >= 4 is 16.9 Å². The second kappa shape index (κ2) is 7.61. The fourth-order valence-corrected chi connectivity index (χ4v) is 3.10. The van der Waals surface area contributed by atoms with E-state index in [2.05, 4.69) is 16.9 Å². The van der Waals surface area contributed by atoms with Crippen LogP contribution < -0.4 is 9.47 Å². The molecule has 0 N–H and O–H groups in total. The molecule has 6 heteroatoms. The number of hydrogen-bond donors (Lipinski definition) is 0. The molecule has 0 saturated carbocycles. The van der Waals surface area contributed by atoms with Gasteiger partial charge in [0.2, 0.25) is 6.79 Å². The zero-order valence-corrected chi connectivity index (χ0v) is 15.2. The summed E-state index contributed by atoms with van der Waals surface area (Å²) in [5.74, 6) is 1.38. The predicted octanol–water partition coefficient (Wildman–Crippen LogP) is 3.80. The maximum Gasteiger partial charge on any atom is 0.272 e. The molecule has 0 spiro atoms. The Hall–Kier alpha value is -3.15. The molecule has 0 aliphatic carbocycles. The third kappa shape index (κ3) is 3.69. The third-order valence-electron chi connectivity index (χ3n) is 4.56. The summed E-state index contributed by atoms with van der Waals surface area (Å²) in [5.41, 5.74) is 2.00. The number of rotatable bonds is 6. The molecule has 1 aromatic carbocycles. The van der Waals surface area contributed by atoms with Gasteiger partial charge in [0.15, 0.2) is 17.1 Å². The number of nitrogens with zero attached hydrogens (tertiary/aromatic N) is 3. The molecular weight excluding hydrogens is 342 g/mol. The molecule has 0 bridgehead atoms. The minimum atomic E-state index is -0.0892. The van der Waals surface area contributed by atoms with Crippen LogP contribution in [0.1, 0.15) is 35.8 Å². The van der Waals surface area contributed by atoms with Gasteiger partial charge in [-0.2, -0.15) is 0 Å². The maximum atomic E-state index is 13.1. The first kappa shape index (κ1) is 17.3. The lowest BCUT2D eigenvalue weighted by Crippen LogP contribution is -2.32. The monoisotopic (exact) mass is 363 g/mol. The average Bonchev–Trinajstić information content (AvgIpc) is 3.18. The molecule has 0 fully saturated rings. The number of unbranched alkanes of at least 4 members (excludes halogenated alkanes) is 1. The Morgan fingerprint density at radius 1 is 1.15 bits per heavy atom. The highest BCUT2D eigenvalue weighted by molar-refractivity contribution is 5.94. The maximum absolute atomic E-state index is 13.1. The third-order valence-corrected chi connectivity index (χ3v) is 4.56. The van der Waals surface area contributed by atoms with E-state index in [0.717, 1.165) is 35.3 Å². The lowest BCUT2D eigenvalue weighted by molar-refractivity contribution is 0.0735. The average molecular weight is 363 g/mol. The number of carbonyl (C=O) groups is 1.